The van der Waals surface area contributed by atoms with Crippen LogP contribution < -0.4 is 0 Å². The lowest BCUT2D eigenvalue weighted by Crippen LogP contribution is -1.99. The molecule has 13 heavy (non-hydrogen) atoms. The highest BCUT2D eigenvalue weighted by Crippen LogP contribution is 1.98. The van der Waals surface area contributed by atoms with Gasteiger partial charge in [0, 0.05) is 12.7 Å². The second-order valence-corrected chi connectivity index (χ2v) is 2.08. The lowest BCUT2D eigenvalue weighted by atomic mass is 10.4. The topological polar surface area (TPSA) is 44.1 Å². The van der Waals surface area contributed by atoms with Crippen molar-refractivity contribution in [2.24, 2.45) is 0 Å². The fourth-order valence-corrected chi connectivity index (χ4v) is 0.760. The normalized spacial score (nSPS) is 8.62. The Bertz CT molecular complexity index is 256. The van der Waals surface area contributed by atoms with Crippen LogP contribution in [-0.4, -0.2) is 22.9 Å². The maximum Gasteiger partial charge on any atom is 0.341 e. The lowest BCUT2D eigenvalue weighted by molar-refractivity contribution is 0.0600. The maximum atomic E-state index is 10.9. The molecule has 0 saturated heterocycles. The Morgan fingerprint density at radius 2 is 2.23 bits per heavy atom. The van der Waals surface area contributed by atoms with E-state index in [1.165, 1.54) is 13.3 Å². The summed E-state index contributed by atoms with van der Waals surface area (Å²) in [5.74, 6) is -0.343. The third kappa shape index (κ3) is 3.27. The number of hydrogen-bond acceptors (Lipinski definition) is 3. The Balaban J connectivity index is 0.000000671. The average Bonchev–Trinajstić information content (AvgIpc) is 2.68. The molecule has 0 atom stereocenters. The lowest BCUT2D eigenvalue weighted by Gasteiger charge is -1.92. The third-order valence-corrected chi connectivity index (χ3v) is 1.38. The number of carbonyl (C=O) groups excluding carboxylic acids is 1. The first-order valence-electron chi connectivity index (χ1n) is 4.38. The number of methoxy groups -OCH3 is 1. The van der Waals surface area contributed by atoms with Crippen LogP contribution in [0.15, 0.2) is 12.4 Å². The van der Waals surface area contributed by atoms with Crippen molar-refractivity contribution < 1.29 is 9.53 Å². The van der Waals surface area contributed by atoms with Crippen LogP contribution in [0.4, 0.5) is 0 Å². The fraction of sp³-hybridized carbons (Fsp3) is 0.556. The van der Waals surface area contributed by atoms with E-state index >= 15 is 0 Å². The molecule has 0 radical (unpaired) electrons. The zero-order valence-corrected chi connectivity index (χ0v) is 8.57. The molecule has 1 rings (SSSR count). The minimum absolute atomic E-state index is 0.343. The van der Waals surface area contributed by atoms with E-state index in [1.807, 2.05) is 20.8 Å². The molecule has 1 aromatic rings. The summed E-state index contributed by atoms with van der Waals surface area (Å²) in [7, 11) is 1.35. The summed E-state index contributed by atoms with van der Waals surface area (Å²) in [6.45, 7) is 6.71. The molecule has 0 aliphatic rings. The Morgan fingerprint density at radius 1 is 1.62 bits per heavy atom. The second-order valence-electron chi connectivity index (χ2n) is 2.08. The van der Waals surface area contributed by atoms with Crippen molar-refractivity contribution in [3.8, 4) is 0 Å². The van der Waals surface area contributed by atoms with Crippen LogP contribution in [0.2, 0.25) is 0 Å². The number of hydrogen-bond donors (Lipinski definition) is 0. The molecule has 0 bridgehead atoms. The van der Waals surface area contributed by atoms with Gasteiger partial charge in [-0.05, 0) is 6.92 Å². The summed E-state index contributed by atoms with van der Waals surface area (Å²) < 4.78 is 6.17. The van der Waals surface area contributed by atoms with Crippen molar-refractivity contribution in [2.45, 2.75) is 27.3 Å². The molecule has 0 fully saturated rings. The summed E-state index contributed by atoms with van der Waals surface area (Å²) in [6.07, 6.45) is 3.15. The number of aromatic nitrogens is 2. The van der Waals surface area contributed by atoms with Crippen molar-refractivity contribution in [1.82, 2.24) is 9.78 Å². The molecule has 1 aromatic heterocycles. The number of carbonyl (C=O) groups is 1. The van der Waals surface area contributed by atoms with Gasteiger partial charge in [0.05, 0.1) is 18.9 Å². The van der Waals surface area contributed by atoms with E-state index in [0.29, 0.717) is 5.56 Å². The van der Waals surface area contributed by atoms with E-state index in [-0.39, 0.29) is 5.97 Å². The van der Waals surface area contributed by atoms with Crippen LogP contribution in [-0.2, 0) is 11.3 Å². The number of aryl methyl sites for hydroxylation is 1. The van der Waals surface area contributed by atoms with Gasteiger partial charge in [0.25, 0.3) is 0 Å². The van der Waals surface area contributed by atoms with E-state index in [2.05, 4.69) is 9.84 Å². The largest absolute Gasteiger partial charge is 0.465 e. The van der Waals surface area contributed by atoms with E-state index in [9.17, 15) is 4.79 Å². The number of ether oxygens (including phenoxy) is 1. The van der Waals surface area contributed by atoms with Crippen molar-refractivity contribution in [1.29, 1.82) is 0 Å². The van der Waals surface area contributed by atoms with Crippen molar-refractivity contribution >= 4 is 5.97 Å². The van der Waals surface area contributed by atoms with Gasteiger partial charge in [0.15, 0.2) is 0 Å². The minimum Gasteiger partial charge on any atom is -0.465 e. The molecule has 0 aliphatic carbocycles. The molecule has 4 nitrogen and oxygen atoms in total. The Hall–Kier alpha value is -1.32. The summed E-state index contributed by atoms with van der Waals surface area (Å²) in [5, 5.41) is 3.92. The van der Waals surface area contributed by atoms with Gasteiger partial charge in [-0.15, -0.1) is 0 Å². The second kappa shape index (κ2) is 6.22. The fourth-order valence-electron chi connectivity index (χ4n) is 0.760. The van der Waals surface area contributed by atoms with Crippen LogP contribution in [0, 0.1) is 0 Å². The molecule has 1 heterocycles. The smallest absolute Gasteiger partial charge is 0.341 e. The van der Waals surface area contributed by atoms with Crippen LogP contribution in [0.25, 0.3) is 0 Å². The predicted molar refractivity (Wildman–Crippen MR) is 50.6 cm³/mol. The molecule has 4 heteroatoms. The Kier molecular flexibility index (Phi) is 5.59. The molecule has 0 aromatic carbocycles. The van der Waals surface area contributed by atoms with Crippen LogP contribution in [0.1, 0.15) is 31.1 Å². The molecule has 0 saturated carbocycles. The van der Waals surface area contributed by atoms with Crippen LogP contribution >= 0.6 is 0 Å². The highest BCUT2D eigenvalue weighted by Gasteiger charge is 2.06. The third-order valence-electron chi connectivity index (χ3n) is 1.38. The molecule has 0 amide bonds. The van der Waals surface area contributed by atoms with Gasteiger partial charge in [-0.1, -0.05) is 13.8 Å². The van der Waals surface area contributed by atoms with Crippen LogP contribution in [0.5, 0.6) is 0 Å². The zero-order chi connectivity index (χ0) is 10.3. The monoisotopic (exact) mass is 184 g/mol. The van der Waals surface area contributed by atoms with Gasteiger partial charge >= 0.3 is 5.97 Å². The van der Waals surface area contributed by atoms with E-state index in [0.717, 1.165) is 6.54 Å². The molecule has 0 N–H and O–H groups in total. The van der Waals surface area contributed by atoms with Gasteiger partial charge in [-0.25, -0.2) is 4.79 Å². The first-order valence-corrected chi connectivity index (χ1v) is 4.38. The zero-order valence-electron chi connectivity index (χ0n) is 8.57. The number of nitrogens with zero attached hydrogens (tertiary/aromatic N) is 2. The SMILES string of the molecule is CC.CCn1cc(C(=O)OC)cn1. The summed E-state index contributed by atoms with van der Waals surface area (Å²) in [5.41, 5.74) is 0.495. The van der Waals surface area contributed by atoms with E-state index in [1.54, 1.807) is 10.9 Å². The molecular weight excluding hydrogens is 168 g/mol. The van der Waals surface area contributed by atoms with Crippen molar-refractivity contribution in [3.63, 3.8) is 0 Å². The summed E-state index contributed by atoms with van der Waals surface area (Å²) in [6, 6.07) is 0. The molecule has 0 spiro atoms. The van der Waals surface area contributed by atoms with Gasteiger partial charge in [-0.3, -0.25) is 4.68 Å². The van der Waals surface area contributed by atoms with E-state index in [4.69, 9.17) is 0 Å². The van der Waals surface area contributed by atoms with Crippen LogP contribution in [0.3, 0.4) is 0 Å². The molecule has 0 aliphatic heterocycles. The number of rotatable bonds is 2. The van der Waals surface area contributed by atoms with E-state index < -0.39 is 0 Å². The standard InChI is InChI=1S/C7H10N2O2.C2H6/c1-3-9-5-6(4-8-9)7(10)11-2;1-2/h4-5H,3H2,1-2H3;1-2H3. The quantitative estimate of drug-likeness (QED) is 0.657. The molecule has 0 unspecified atom stereocenters. The first kappa shape index (κ1) is 11.7. The highest BCUT2D eigenvalue weighted by molar-refractivity contribution is 5.88. The number of esters is 1. The van der Waals surface area contributed by atoms with Gasteiger partial charge < -0.3 is 4.74 Å². The van der Waals surface area contributed by atoms with Gasteiger partial charge in [0.2, 0.25) is 0 Å². The van der Waals surface area contributed by atoms with Crippen molar-refractivity contribution in [3.05, 3.63) is 18.0 Å². The molecule has 74 valence electrons. The van der Waals surface area contributed by atoms with Gasteiger partial charge in [-0.2, -0.15) is 5.10 Å². The Morgan fingerprint density at radius 3 is 2.62 bits per heavy atom. The summed E-state index contributed by atoms with van der Waals surface area (Å²) in [4.78, 5) is 10.9. The maximum absolute atomic E-state index is 10.9. The predicted octanol–water partition coefficient (Wildman–Crippen LogP) is 1.72. The van der Waals surface area contributed by atoms with Gasteiger partial charge in [0.1, 0.15) is 0 Å². The minimum atomic E-state index is -0.343. The molecular formula is C9H16N2O2. The highest BCUT2D eigenvalue weighted by atomic mass is 16.5. The summed E-state index contributed by atoms with van der Waals surface area (Å²) >= 11 is 0. The van der Waals surface area contributed by atoms with Crippen molar-refractivity contribution in [2.75, 3.05) is 7.11 Å². The average molecular weight is 184 g/mol. The first-order chi connectivity index (χ1) is 6.27. The Labute approximate surface area is 78.5 Å².